The minimum atomic E-state index is -0.431. The smallest absolute Gasteiger partial charge is 0.248 e. The van der Waals surface area contributed by atoms with Crippen molar-refractivity contribution in [1.82, 2.24) is 10.6 Å². The number of nitrogens with two attached hydrogens (primary N) is 1. The Morgan fingerprint density at radius 3 is 2.21 bits per heavy atom. The number of amides is 1. The van der Waals surface area contributed by atoms with Crippen LogP contribution in [-0.2, 0) is 13.1 Å². The molecule has 2 aromatic carbocycles. The summed E-state index contributed by atoms with van der Waals surface area (Å²) in [5.41, 5.74) is 7.79. The lowest BCUT2D eigenvalue weighted by Crippen LogP contribution is -2.36. The number of primary amides is 1. The Morgan fingerprint density at radius 1 is 1.00 bits per heavy atom. The Labute approximate surface area is 182 Å². The summed E-state index contributed by atoms with van der Waals surface area (Å²) in [6.07, 6.45) is 0. The Balaban J connectivity index is 0.00000392. The number of nitrogens with zero attached hydrogens (tertiary/aromatic N) is 1. The first-order chi connectivity index (χ1) is 13.1. The van der Waals surface area contributed by atoms with E-state index in [2.05, 4.69) is 15.6 Å². The highest BCUT2D eigenvalue weighted by atomic mass is 127. The SMILES string of the molecule is CCNC(=NCc1ccc(OC)c(OC)c1)NCc1ccc(C(N)=O)cc1.I. The predicted molar refractivity (Wildman–Crippen MR) is 122 cm³/mol. The molecule has 0 aliphatic carbocycles. The highest BCUT2D eigenvalue weighted by Crippen LogP contribution is 2.27. The number of benzene rings is 2. The normalized spacial score (nSPS) is 10.6. The summed E-state index contributed by atoms with van der Waals surface area (Å²) in [6.45, 7) is 3.83. The van der Waals surface area contributed by atoms with Gasteiger partial charge in [0.05, 0.1) is 20.8 Å². The largest absolute Gasteiger partial charge is 0.493 e. The number of carbonyl (C=O) groups is 1. The maximum Gasteiger partial charge on any atom is 0.248 e. The van der Waals surface area contributed by atoms with E-state index < -0.39 is 5.91 Å². The van der Waals surface area contributed by atoms with Gasteiger partial charge in [0, 0.05) is 18.7 Å². The van der Waals surface area contributed by atoms with Gasteiger partial charge in [-0.3, -0.25) is 4.79 Å². The minimum absolute atomic E-state index is 0. The van der Waals surface area contributed by atoms with E-state index in [-0.39, 0.29) is 24.0 Å². The summed E-state index contributed by atoms with van der Waals surface area (Å²) >= 11 is 0. The van der Waals surface area contributed by atoms with E-state index in [1.54, 1.807) is 26.4 Å². The lowest BCUT2D eigenvalue weighted by atomic mass is 10.1. The molecule has 28 heavy (non-hydrogen) atoms. The van der Waals surface area contributed by atoms with Gasteiger partial charge in [0.1, 0.15) is 0 Å². The molecule has 0 bridgehead atoms. The maximum absolute atomic E-state index is 11.1. The van der Waals surface area contributed by atoms with Crippen LogP contribution >= 0.6 is 24.0 Å². The van der Waals surface area contributed by atoms with Gasteiger partial charge in [0.25, 0.3) is 0 Å². The Morgan fingerprint density at radius 2 is 1.64 bits per heavy atom. The molecule has 0 unspecified atom stereocenters. The van der Waals surface area contributed by atoms with Crippen LogP contribution < -0.4 is 25.8 Å². The van der Waals surface area contributed by atoms with Crippen LogP contribution in [0.1, 0.15) is 28.4 Å². The fourth-order valence-corrected chi connectivity index (χ4v) is 2.46. The molecule has 0 saturated carbocycles. The molecule has 0 radical (unpaired) electrons. The molecular weight excluding hydrogens is 471 g/mol. The highest BCUT2D eigenvalue weighted by molar-refractivity contribution is 14.0. The minimum Gasteiger partial charge on any atom is -0.493 e. The van der Waals surface area contributed by atoms with Gasteiger partial charge in [0.2, 0.25) is 5.91 Å². The number of carbonyl (C=O) groups excluding carboxylic acids is 1. The van der Waals surface area contributed by atoms with Crippen LogP contribution in [0.4, 0.5) is 0 Å². The molecule has 0 aliphatic rings. The number of hydrogen-bond acceptors (Lipinski definition) is 4. The molecule has 1 amide bonds. The average molecular weight is 498 g/mol. The van der Waals surface area contributed by atoms with Gasteiger partial charge in [-0.25, -0.2) is 4.99 Å². The molecule has 2 aromatic rings. The van der Waals surface area contributed by atoms with Gasteiger partial charge in [-0.1, -0.05) is 18.2 Å². The molecule has 7 nitrogen and oxygen atoms in total. The summed E-state index contributed by atoms with van der Waals surface area (Å²) in [5.74, 6) is 1.64. The lowest BCUT2D eigenvalue weighted by Gasteiger charge is -2.12. The fourth-order valence-electron chi connectivity index (χ4n) is 2.46. The molecule has 8 heteroatoms. The molecule has 0 spiro atoms. The van der Waals surface area contributed by atoms with Crippen molar-refractivity contribution < 1.29 is 14.3 Å². The molecule has 0 fully saturated rings. The first kappa shape index (κ1) is 23.5. The van der Waals surface area contributed by atoms with E-state index in [1.807, 2.05) is 37.3 Å². The van der Waals surface area contributed by atoms with Crippen molar-refractivity contribution in [3.05, 3.63) is 59.2 Å². The van der Waals surface area contributed by atoms with Crippen LogP contribution in [0, 0.1) is 0 Å². The second-order valence-electron chi connectivity index (χ2n) is 5.80. The summed E-state index contributed by atoms with van der Waals surface area (Å²) in [4.78, 5) is 15.7. The maximum atomic E-state index is 11.1. The van der Waals surface area contributed by atoms with Crippen LogP contribution in [0.25, 0.3) is 0 Å². The Bertz CT molecular complexity index is 795. The molecule has 0 aliphatic heterocycles. The van der Waals surface area contributed by atoms with Gasteiger partial charge in [-0.2, -0.15) is 0 Å². The van der Waals surface area contributed by atoms with Crippen LogP contribution in [0.3, 0.4) is 0 Å². The number of ether oxygens (including phenoxy) is 2. The van der Waals surface area contributed by atoms with E-state index in [0.717, 1.165) is 17.7 Å². The number of methoxy groups -OCH3 is 2. The third-order valence-corrected chi connectivity index (χ3v) is 3.91. The lowest BCUT2D eigenvalue weighted by molar-refractivity contribution is 0.100. The summed E-state index contributed by atoms with van der Waals surface area (Å²) < 4.78 is 10.6. The van der Waals surface area contributed by atoms with Crippen LogP contribution in [-0.4, -0.2) is 32.6 Å². The molecule has 152 valence electrons. The topological polar surface area (TPSA) is 98.0 Å². The average Bonchev–Trinajstić information content (AvgIpc) is 2.70. The quantitative estimate of drug-likeness (QED) is 0.296. The van der Waals surface area contributed by atoms with Crippen molar-refractivity contribution in [2.75, 3.05) is 20.8 Å². The number of halogens is 1. The van der Waals surface area contributed by atoms with Gasteiger partial charge in [-0.05, 0) is 42.3 Å². The van der Waals surface area contributed by atoms with Gasteiger partial charge >= 0.3 is 0 Å². The molecule has 2 rings (SSSR count). The number of nitrogens with one attached hydrogen (secondary N) is 2. The molecule has 0 atom stereocenters. The van der Waals surface area contributed by atoms with Crippen LogP contribution in [0.5, 0.6) is 11.5 Å². The van der Waals surface area contributed by atoms with Crippen molar-refractivity contribution in [2.24, 2.45) is 10.7 Å². The molecule has 0 aromatic heterocycles. The van der Waals surface area contributed by atoms with Crippen molar-refractivity contribution in [1.29, 1.82) is 0 Å². The monoisotopic (exact) mass is 498 g/mol. The summed E-state index contributed by atoms with van der Waals surface area (Å²) in [6, 6.07) is 12.9. The second kappa shape index (κ2) is 12.1. The highest BCUT2D eigenvalue weighted by Gasteiger charge is 2.05. The first-order valence-electron chi connectivity index (χ1n) is 8.69. The van der Waals surface area contributed by atoms with Crippen LogP contribution in [0.15, 0.2) is 47.5 Å². The number of rotatable bonds is 8. The van der Waals surface area contributed by atoms with Crippen molar-refractivity contribution in [2.45, 2.75) is 20.0 Å². The van der Waals surface area contributed by atoms with E-state index in [1.165, 1.54) is 0 Å². The molecule has 0 heterocycles. The van der Waals surface area contributed by atoms with E-state index in [9.17, 15) is 4.79 Å². The van der Waals surface area contributed by atoms with Gasteiger partial charge in [0.15, 0.2) is 17.5 Å². The van der Waals surface area contributed by atoms with Crippen molar-refractivity contribution in [3.63, 3.8) is 0 Å². The number of guanidine groups is 1. The Kier molecular flexibility index (Phi) is 10.1. The van der Waals surface area contributed by atoms with E-state index in [0.29, 0.717) is 36.1 Å². The van der Waals surface area contributed by atoms with Crippen LogP contribution in [0.2, 0.25) is 0 Å². The number of aliphatic imine (C=N–C) groups is 1. The first-order valence-corrected chi connectivity index (χ1v) is 8.69. The summed E-state index contributed by atoms with van der Waals surface area (Å²) in [5, 5.41) is 6.49. The zero-order chi connectivity index (χ0) is 19.6. The van der Waals surface area contributed by atoms with Crippen molar-refractivity contribution in [3.8, 4) is 11.5 Å². The molecule has 0 saturated heterocycles. The number of hydrogen-bond donors (Lipinski definition) is 3. The predicted octanol–water partition coefficient (Wildman–Crippen LogP) is 2.68. The standard InChI is InChI=1S/C20H26N4O3.HI/c1-4-22-20(23-12-14-5-8-16(9-6-14)19(21)25)24-13-15-7-10-17(26-2)18(11-15)27-3;/h5-11H,4,12-13H2,1-3H3,(H2,21,25)(H2,22,23,24);1H. The fraction of sp³-hybridized carbons (Fsp3) is 0.300. The summed E-state index contributed by atoms with van der Waals surface area (Å²) in [7, 11) is 3.22. The Hall–Kier alpha value is -2.49. The third-order valence-electron chi connectivity index (χ3n) is 3.91. The molecular formula is C20H27IN4O3. The zero-order valence-electron chi connectivity index (χ0n) is 16.3. The van der Waals surface area contributed by atoms with E-state index >= 15 is 0 Å². The van der Waals surface area contributed by atoms with Crippen molar-refractivity contribution >= 4 is 35.8 Å². The van der Waals surface area contributed by atoms with Gasteiger partial charge < -0.3 is 25.8 Å². The van der Waals surface area contributed by atoms with Gasteiger partial charge in [-0.15, -0.1) is 24.0 Å². The molecule has 4 N–H and O–H groups in total. The third kappa shape index (κ3) is 6.91. The second-order valence-corrected chi connectivity index (χ2v) is 5.80. The zero-order valence-corrected chi connectivity index (χ0v) is 18.7. The van der Waals surface area contributed by atoms with E-state index in [4.69, 9.17) is 15.2 Å².